The Morgan fingerprint density at radius 1 is 0.767 bits per heavy atom. The Kier molecular flexibility index (Phi) is 36.1. The summed E-state index contributed by atoms with van der Waals surface area (Å²) in [6.07, 6.45) is 4.51. The molecule has 1 aromatic carbocycles. The zero-order valence-corrected chi connectivity index (χ0v) is 25.5. The first kappa shape index (κ1) is 45.2. The zero-order chi connectivity index (χ0) is 30.4. The van der Waals surface area contributed by atoms with Gasteiger partial charge in [-0.3, -0.25) is 14.4 Å². The van der Waals surface area contributed by atoms with Crippen molar-refractivity contribution in [2.75, 3.05) is 72.5 Å². The molecule has 0 bridgehead atoms. The third kappa shape index (κ3) is 29.6. The van der Waals surface area contributed by atoms with Gasteiger partial charge in [-0.2, -0.15) is 0 Å². The second-order valence-corrected chi connectivity index (χ2v) is 8.84. The number of nitrogens with zero attached hydrogens (tertiary/aromatic N) is 1. The quantitative estimate of drug-likeness (QED) is 0.170. The molecule has 250 valence electrons. The summed E-state index contributed by atoms with van der Waals surface area (Å²) in [6.45, 7) is 8.57. The van der Waals surface area contributed by atoms with Crippen molar-refractivity contribution in [2.45, 2.75) is 46.0 Å². The molecule has 0 spiro atoms. The van der Waals surface area contributed by atoms with Gasteiger partial charge in [-0.25, -0.2) is 5.90 Å². The van der Waals surface area contributed by atoms with E-state index < -0.39 is 5.24 Å². The SMILES string of the molecule is C.C1CNCCOC1.Cl.NO.O=C(Cl)c1ccccc1.O=C1CCOCC1.O=C1CCOCCN1.ON=C1CCOCC1. The van der Waals surface area contributed by atoms with Crippen LogP contribution >= 0.6 is 24.0 Å². The highest BCUT2D eigenvalue weighted by molar-refractivity contribution is 6.67. The largest absolute Gasteiger partial charge is 0.411 e. The summed E-state index contributed by atoms with van der Waals surface area (Å²) in [6, 6.07) is 8.74. The molecule has 4 heterocycles. The lowest BCUT2D eigenvalue weighted by atomic mass is 10.2. The van der Waals surface area contributed by atoms with Crippen LogP contribution in [0.2, 0.25) is 0 Å². The van der Waals surface area contributed by atoms with E-state index in [1.54, 1.807) is 24.3 Å². The van der Waals surface area contributed by atoms with Crippen LogP contribution in [-0.4, -0.2) is 106 Å². The second kappa shape index (κ2) is 34.3. The van der Waals surface area contributed by atoms with E-state index in [1.807, 2.05) is 6.07 Å². The highest BCUT2D eigenvalue weighted by atomic mass is 35.5. The van der Waals surface area contributed by atoms with Gasteiger partial charge >= 0.3 is 0 Å². The van der Waals surface area contributed by atoms with E-state index >= 15 is 0 Å². The van der Waals surface area contributed by atoms with Gasteiger partial charge in [0.1, 0.15) is 5.78 Å². The molecule has 5 rings (SSSR count). The van der Waals surface area contributed by atoms with Gasteiger partial charge in [0.25, 0.3) is 5.24 Å². The van der Waals surface area contributed by atoms with E-state index in [0.717, 1.165) is 44.9 Å². The van der Waals surface area contributed by atoms with Gasteiger partial charge in [-0.15, -0.1) is 12.4 Å². The van der Waals surface area contributed by atoms with Gasteiger partial charge in [0.15, 0.2) is 0 Å². The highest BCUT2D eigenvalue weighted by Gasteiger charge is 2.07. The van der Waals surface area contributed by atoms with Gasteiger partial charge in [0, 0.05) is 57.4 Å². The van der Waals surface area contributed by atoms with Crippen LogP contribution in [0.25, 0.3) is 0 Å². The minimum Gasteiger partial charge on any atom is -0.411 e. The molecular formula is C28H50Cl2N4O9. The minimum absolute atomic E-state index is 0. The number of nitrogens with one attached hydrogen (secondary N) is 2. The Morgan fingerprint density at radius 2 is 1.28 bits per heavy atom. The van der Waals surface area contributed by atoms with Crippen LogP contribution < -0.4 is 16.5 Å². The molecule has 0 radical (unpaired) electrons. The van der Waals surface area contributed by atoms with E-state index in [-0.39, 0.29) is 25.7 Å². The number of rotatable bonds is 1. The third-order valence-corrected chi connectivity index (χ3v) is 5.59. The maximum Gasteiger partial charge on any atom is 0.252 e. The Balaban J connectivity index is -0.000000454. The smallest absolute Gasteiger partial charge is 0.252 e. The fourth-order valence-corrected chi connectivity index (χ4v) is 3.29. The first-order valence-electron chi connectivity index (χ1n) is 13.5. The number of ketones is 1. The molecule has 4 fully saturated rings. The van der Waals surface area contributed by atoms with E-state index in [1.165, 1.54) is 6.42 Å². The number of benzene rings is 1. The number of hydrogen-bond acceptors (Lipinski definition) is 12. The van der Waals surface area contributed by atoms with E-state index in [0.29, 0.717) is 76.8 Å². The van der Waals surface area contributed by atoms with Crippen molar-refractivity contribution in [2.24, 2.45) is 11.1 Å². The van der Waals surface area contributed by atoms with Gasteiger partial charge in [-0.1, -0.05) is 42.9 Å². The number of carbonyl (C=O) groups is 3. The molecule has 4 saturated heterocycles. The maximum absolute atomic E-state index is 10.5. The predicted molar refractivity (Wildman–Crippen MR) is 168 cm³/mol. The van der Waals surface area contributed by atoms with E-state index in [2.05, 4.69) is 21.7 Å². The summed E-state index contributed by atoms with van der Waals surface area (Å²) >= 11 is 5.16. The lowest BCUT2D eigenvalue weighted by Crippen LogP contribution is -2.23. The lowest BCUT2D eigenvalue weighted by Gasteiger charge is -2.10. The minimum atomic E-state index is -0.407. The second-order valence-electron chi connectivity index (χ2n) is 8.50. The fraction of sp³-hybridized carbons (Fsp3) is 0.643. The third-order valence-electron chi connectivity index (χ3n) is 5.37. The Labute approximate surface area is 266 Å². The average Bonchev–Trinajstić information content (AvgIpc) is 3.48. The van der Waals surface area contributed by atoms with Crippen molar-refractivity contribution in [3.8, 4) is 0 Å². The van der Waals surface area contributed by atoms with Crippen LogP contribution in [0, 0.1) is 0 Å². The number of amides is 1. The number of Topliss-reactive ketones (excluding diaryl/α,β-unsaturated/α-hetero) is 1. The van der Waals surface area contributed by atoms with Gasteiger partial charge in [0.2, 0.25) is 5.91 Å². The molecule has 0 unspecified atom stereocenters. The molecule has 6 N–H and O–H groups in total. The molecule has 0 aromatic heterocycles. The molecular weight excluding hydrogens is 607 g/mol. The van der Waals surface area contributed by atoms with Crippen molar-refractivity contribution in [1.82, 2.24) is 10.6 Å². The number of ether oxygens (including phenoxy) is 4. The van der Waals surface area contributed by atoms with Crippen LogP contribution in [0.3, 0.4) is 0 Å². The standard InChI is InChI=1S/C7H5ClO.2C5H9NO2.C5H11NO.C5H8O2.CH4.ClH.H3NO/c8-7(9)6-4-2-1-3-5-6;7-5-1-3-8-4-2-6-5;7-6-5-1-3-8-4-2-5;1-2-6-3-5-7-4-1;6-5-1-3-7-4-2-5;;;1-2/h1-5H;1-4H2,(H,6,7);7H,1-4H2;6H,1-5H2;1-4H2;1H4;1H;2H,1H2. The van der Waals surface area contributed by atoms with Crippen molar-refractivity contribution in [3.05, 3.63) is 35.9 Å². The van der Waals surface area contributed by atoms with Gasteiger partial charge in [-0.05, 0) is 24.6 Å². The molecule has 1 amide bonds. The van der Waals surface area contributed by atoms with Crippen molar-refractivity contribution in [3.63, 3.8) is 0 Å². The molecule has 0 saturated carbocycles. The van der Waals surface area contributed by atoms with Crippen LogP contribution in [-0.2, 0) is 28.5 Å². The number of hydrogen-bond donors (Lipinski definition) is 5. The molecule has 43 heavy (non-hydrogen) atoms. The average molecular weight is 658 g/mol. The van der Waals surface area contributed by atoms with Crippen LogP contribution in [0.1, 0.15) is 56.3 Å². The number of halogens is 2. The Hall–Kier alpha value is -2.20. The summed E-state index contributed by atoms with van der Waals surface area (Å²) in [7, 11) is 0. The van der Waals surface area contributed by atoms with Gasteiger partial charge < -0.3 is 40.0 Å². The molecule has 0 atom stereocenters. The number of oxime groups is 1. The summed E-state index contributed by atoms with van der Waals surface area (Å²) in [4.78, 5) is 31.3. The summed E-state index contributed by atoms with van der Waals surface area (Å²) in [5.74, 6) is 3.94. The summed E-state index contributed by atoms with van der Waals surface area (Å²) in [5.41, 5.74) is 1.40. The van der Waals surface area contributed by atoms with Crippen molar-refractivity contribution in [1.29, 1.82) is 0 Å². The molecule has 15 heteroatoms. The maximum atomic E-state index is 10.5. The first-order chi connectivity index (χ1) is 20.0. The lowest BCUT2D eigenvalue weighted by molar-refractivity contribution is -0.124. The highest BCUT2D eigenvalue weighted by Crippen LogP contribution is 2.02. The molecule has 13 nitrogen and oxygen atoms in total. The molecule has 0 aliphatic carbocycles. The number of nitrogens with two attached hydrogens (primary N) is 1. The monoisotopic (exact) mass is 656 g/mol. The summed E-state index contributed by atoms with van der Waals surface area (Å²) in [5, 5.41) is 23.3. The number of carbonyl (C=O) groups excluding carboxylic acids is 3. The molecule has 1 aromatic rings. The normalized spacial score (nSPS) is 17.5. The zero-order valence-electron chi connectivity index (χ0n) is 24.0. The van der Waals surface area contributed by atoms with E-state index in [4.69, 9.17) is 41.0 Å². The molecule has 4 aliphatic heterocycles. The topological polar surface area (TPSA) is 191 Å². The Bertz CT molecular complexity index is 792. The van der Waals surface area contributed by atoms with Crippen molar-refractivity contribution >= 4 is 46.7 Å². The van der Waals surface area contributed by atoms with Crippen molar-refractivity contribution < 1.29 is 43.7 Å². The van der Waals surface area contributed by atoms with Crippen LogP contribution in [0.5, 0.6) is 0 Å². The van der Waals surface area contributed by atoms with E-state index in [9.17, 15) is 14.4 Å². The van der Waals surface area contributed by atoms with Gasteiger partial charge in [0.05, 0.1) is 52.0 Å². The first-order valence-corrected chi connectivity index (χ1v) is 13.9. The van der Waals surface area contributed by atoms with Crippen LogP contribution in [0.4, 0.5) is 0 Å². The predicted octanol–water partition coefficient (Wildman–Crippen LogP) is 2.97. The summed E-state index contributed by atoms with van der Waals surface area (Å²) < 4.78 is 20.0. The Morgan fingerprint density at radius 3 is 1.77 bits per heavy atom. The van der Waals surface area contributed by atoms with Crippen LogP contribution in [0.15, 0.2) is 35.5 Å². The fourth-order valence-electron chi connectivity index (χ4n) is 3.16. The molecule has 4 aliphatic rings.